The molecule has 0 bridgehead atoms. The standard InChI is InChI=1S/C22H20N2O4S/c1-22(21(25)28-2,29(26,27)16-6-4-3-5-7-16)15-11-18-17-10-14(13-23)8-9-19(17)24-20(18)12-15/h3-10,15,24H,11-12H2,1-2H3. The highest BCUT2D eigenvalue weighted by atomic mass is 32.2. The highest BCUT2D eigenvalue weighted by Crippen LogP contribution is 2.43. The molecule has 29 heavy (non-hydrogen) atoms. The van der Waals surface area contributed by atoms with Crippen molar-refractivity contribution < 1.29 is 17.9 Å². The second kappa shape index (κ2) is 6.75. The van der Waals surface area contributed by atoms with E-state index in [-0.39, 0.29) is 4.90 Å². The van der Waals surface area contributed by atoms with Crippen LogP contribution in [0.15, 0.2) is 53.4 Å². The molecule has 1 aliphatic carbocycles. The van der Waals surface area contributed by atoms with Gasteiger partial charge in [0.25, 0.3) is 0 Å². The number of esters is 1. The lowest BCUT2D eigenvalue weighted by molar-refractivity contribution is -0.144. The number of rotatable bonds is 4. The fourth-order valence-corrected chi connectivity index (χ4v) is 6.19. The maximum absolute atomic E-state index is 13.5. The van der Waals surface area contributed by atoms with Gasteiger partial charge in [0, 0.05) is 16.6 Å². The quantitative estimate of drug-likeness (QED) is 0.669. The Balaban J connectivity index is 1.81. The average molecular weight is 408 g/mol. The number of benzene rings is 2. The predicted molar refractivity (Wildman–Crippen MR) is 108 cm³/mol. The number of aromatic amines is 1. The van der Waals surface area contributed by atoms with E-state index in [2.05, 4.69) is 11.1 Å². The minimum absolute atomic E-state index is 0.0973. The molecule has 4 rings (SSSR count). The van der Waals surface area contributed by atoms with E-state index >= 15 is 0 Å². The molecule has 1 aliphatic rings. The van der Waals surface area contributed by atoms with E-state index in [1.807, 2.05) is 6.07 Å². The summed E-state index contributed by atoms with van der Waals surface area (Å²) in [5, 5.41) is 10.1. The molecule has 6 nitrogen and oxygen atoms in total. The van der Waals surface area contributed by atoms with E-state index in [1.165, 1.54) is 26.2 Å². The number of hydrogen-bond acceptors (Lipinski definition) is 5. The van der Waals surface area contributed by atoms with Crippen molar-refractivity contribution >= 4 is 26.7 Å². The Labute approximate surface area is 169 Å². The topological polar surface area (TPSA) is 100 Å². The molecule has 1 N–H and O–H groups in total. The molecule has 2 aromatic carbocycles. The third-order valence-corrected chi connectivity index (χ3v) is 8.52. The van der Waals surface area contributed by atoms with Crippen molar-refractivity contribution in [2.45, 2.75) is 29.4 Å². The van der Waals surface area contributed by atoms with Gasteiger partial charge >= 0.3 is 5.97 Å². The number of aromatic nitrogens is 1. The third kappa shape index (κ3) is 2.75. The van der Waals surface area contributed by atoms with Gasteiger partial charge in [0.1, 0.15) is 0 Å². The number of H-pyrrole nitrogens is 1. The summed E-state index contributed by atoms with van der Waals surface area (Å²) in [6.45, 7) is 1.46. The number of nitriles is 1. The van der Waals surface area contributed by atoms with Gasteiger partial charge in [0.2, 0.25) is 0 Å². The van der Waals surface area contributed by atoms with E-state index in [4.69, 9.17) is 4.74 Å². The summed E-state index contributed by atoms with van der Waals surface area (Å²) in [7, 11) is -2.79. The molecule has 0 fully saturated rings. The summed E-state index contributed by atoms with van der Waals surface area (Å²) < 4.78 is 30.3. The SMILES string of the molecule is COC(=O)C(C)(C1Cc2[nH]c3ccc(C#N)cc3c2C1)S(=O)(=O)c1ccccc1. The molecule has 7 heteroatoms. The highest BCUT2D eigenvalue weighted by molar-refractivity contribution is 7.93. The van der Waals surface area contributed by atoms with Crippen molar-refractivity contribution in [1.29, 1.82) is 5.26 Å². The van der Waals surface area contributed by atoms with Crippen molar-refractivity contribution in [1.82, 2.24) is 4.98 Å². The Morgan fingerprint density at radius 3 is 2.59 bits per heavy atom. The number of carbonyl (C=O) groups excluding carboxylic acids is 1. The maximum Gasteiger partial charge on any atom is 0.327 e. The molecule has 148 valence electrons. The van der Waals surface area contributed by atoms with Gasteiger partial charge in [-0.15, -0.1) is 0 Å². The lowest BCUT2D eigenvalue weighted by atomic mass is 9.90. The first kappa shape index (κ1) is 19.2. The summed E-state index contributed by atoms with van der Waals surface area (Å²) in [6, 6.07) is 15.5. The van der Waals surface area contributed by atoms with E-state index < -0.39 is 26.5 Å². The van der Waals surface area contributed by atoms with Crippen LogP contribution in [0.1, 0.15) is 23.7 Å². The molecule has 1 aromatic heterocycles. The number of hydrogen-bond donors (Lipinski definition) is 1. The normalized spacial score (nSPS) is 18.0. The van der Waals surface area contributed by atoms with Crippen LogP contribution in [0.5, 0.6) is 0 Å². The third-order valence-electron chi connectivity index (χ3n) is 6.01. The molecular formula is C22H20N2O4S. The first-order valence-corrected chi connectivity index (χ1v) is 10.7. The Hall–Kier alpha value is -3.11. The summed E-state index contributed by atoms with van der Waals surface area (Å²) in [6.07, 6.45) is 0.811. The van der Waals surface area contributed by atoms with Gasteiger partial charge in [-0.2, -0.15) is 5.26 Å². The van der Waals surface area contributed by atoms with Crippen molar-refractivity contribution in [2.75, 3.05) is 7.11 Å². The Bertz CT molecular complexity index is 1260. The zero-order valence-electron chi connectivity index (χ0n) is 16.1. The van der Waals surface area contributed by atoms with Crippen LogP contribution in [-0.4, -0.2) is 31.2 Å². The van der Waals surface area contributed by atoms with Gasteiger partial charge in [0.05, 0.1) is 23.6 Å². The predicted octanol–water partition coefficient (Wildman–Crippen LogP) is 3.16. The molecule has 1 heterocycles. The summed E-state index contributed by atoms with van der Waals surface area (Å²) in [4.78, 5) is 16.2. The molecular weight excluding hydrogens is 388 g/mol. The van der Waals surface area contributed by atoms with Gasteiger partial charge in [-0.25, -0.2) is 8.42 Å². The average Bonchev–Trinajstić information content (AvgIpc) is 3.31. The molecule has 2 atom stereocenters. The molecule has 0 spiro atoms. The molecule has 0 saturated heterocycles. The fraction of sp³-hybridized carbons (Fsp3) is 0.273. The van der Waals surface area contributed by atoms with Crippen LogP contribution < -0.4 is 0 Å². The largest absolute Gasteiger partial charge is 0.468 e. The van der Waals surface area contributed by atoms with Gasteiger partial charge in [-0.05, 0) is 61.6 Å². The van der Waals surface area contributed by atoms with E-state index in [0.717, 1.165) is 22.2 Å². The zero-order chi connectivity index (χ0) is 20.8. The minimum atomic E-state index is -4.00. The van der Waals surface area contributed by atoms with Crippen molar-refractivity contribution in [3.05, 3.63) is 65.4 Å². The number of sulfone groups is 1. The number of carbonyl (C=O) groups is 1. The number of methoxy groups -OCH3 is 1. The summed E-state index contributed by atoms with van der Waals surface area (Å²) in [5.41, 5.74) is 3.30. The van der Waals surface area contributed by atoms with Crippen molar-refractivity contribution in [2.24, 2.45) is 5.92 Å². The van der Waals surface area contributed by atoms with Crippen LogP contribution in [0, 0.1) is 17.2 Å². The minimum Gasteiger partial charge on any atom is -0.468 e. The Kier molecular flexibility index (Phi) is 4.47. The van der Waals surface area contributed by atoms with Crippen LogP contribution in [0.4, 0.5) is 0 Å². The molecule has 0 saturated carbocycles. The number of nitrogens with zero attached hydrogens (tertiary/aromatic N) is 1. The maximum atomic E-state index is 13.5. The zero-order valence-corrected chi connectivity index (χ0v) is 16.9. The number of ether oxygens (including phenoxy) is 1. The van der Waals surface area contributed by atoms with Gasteiger partial charge in [-0.3, -0.25) is 4.79 Å². The lowest BCUT2D eigenvalue weighted by Gasteiger charge is -2.32. The Morgan fingerprint density at radius 1 is 1.21 bits per heavy atom. The van der Waals surface area contributed by atoms with Gasteiger partial charge in [0.15, 0.2) is 14.6 Å². The van der Waals surface area contributed by atoms with Gasteiger partial charge in [-0.1, -0.05) is 18.2 Å². The Morgan fingerprint density at radius 2 is 1.93 bits per heavy atom. The highest BCUT2D eigenvalue weighted by Gasteiger charge is 2.55. The van der Waals surface area contributed by atoms with Gasteiger partial charge < -0.3 is 9.72 Å². The smallest absolute Gasteiger partial charge is 0.327 e. The number of nitrogens with one attached hydrogen (secondary N) is 1. The molecule has 0 aliphatic heterocycles. The van der Waals surface area contributed by atoms with Crippen LogP contribution in [0.2, 0.25) is 0 Å². The summed E-state index contributed by atoms with van der Waals surface area (Å²) >= 11 is 0. The second-order valence-electron chi connectivity index (χ2n) is 7.47. The van der Waals surface area contributed by atoms with Crippen LogP contribution in [0.3, 0.4) is 0 Å². The molecule has 2 unspecified atom stereocenters. The van der Waals surface area contributed by atoms with Crippen molar-refractivity contribution in [3.63, 3.8) is 0 Å². The molecule has 0 radical (unpaired) electrons. The summed E-state index contributed by atoms with van der Waals surface area (Å²) in [5.74, 6) is -1.25. The first-order valence-electron chi connectivity index (χ1n) is 9.24. The monoisotopic (exact) mass is 408 g/mol. The van der Waals surface area contributed by atoms with E-state index in [1.54, 1.807) is 30.3 Å². The van der Waals surface area contributed by atoms with E-state index in [9.17, 15) is 18.5 Å². The second-order valence-corrected chi connectivity index (χ2v) is 9.80. The van der Waals surface area contributed by atoms with Crippen LogP contribution in [0.25, 0.3) is 10.9 Å². The van der Waals surface area contributed by atoms with Crippen LogP contribution >= 0.6 is 0 Å². The van der Waals surface area contributed by atoms with Crippen molar-refractivity contribution in [3.8, 4) is 6.07 Å². The molecule has 3 aromatic rings. The fourth-order valence-electron chi connectivity index (χ4n) is 4.28. The first-order chi connectivity index (χ1) is 13.8. The molecule has 0 amide bonds. The van der Waals surface area contributed by atoms with E-state index in [0.29, 0.717) is 18.4 Å². The lowest BCUT2D eigenvalue weighted by Crippen LogP contribution is -2.51. The van der Waals surface area contributed by atoms with Crippen LogP contribution in [-0.2, 0) is 32.2 Å². The number of fused-ring (bicyclic) bond motifs is 3.